The number of benzene rings is 5. The number of rotatable bonds is 5. The van der Waals surface area contributed by atoms with Crippen molar-refractivity contribution in [3.8, 4) is 56.0 Å². The number of thiophene rings is 2. The lowest BCUT2D eigenvalue weighted by Gasteiger charge is -1.95. The van der Waals surface area contributed by atoms with Gasteiger partial charge in [0.05, 0.1) is 0 Å². The first-order chi connectivity index (χ1) is 33.5. The quantitative estimate of drug-likeness (QED) is 0.154. The lowest BCUT2D eigenvalue weighted by molar-refractivity contribution is 1.27. The largest absolute Gasteiger partial charge is 0.361 e. The minimum Gasteiger partial charge on any atom is -0.361 e. The highest BCUT2D eigenvalue weighted by atomic mass is 32.1. The number of hydrogen-bond acceptors (Lipinski definition) is 2. The molecule has 0 saturated carbocycles. The topological polar surface area (TPSA) is 47.4 Å². The van der Waals surface area contributed by atoms with Crippen molar-refractivity contribution in [2.24, 2.45) is 0 Å². The smallest absolute Gasteiger partial charge is 0.0456 e. The van der Waals surface area contributed by atoms with Crippen LogP contribution in [-0.4, -0.2) is 15.0 Å². The van der Waals surface area contributed by atoms with Gasteiger partial charge in [-0.3, -0.25) is 0 Å². The van der Waals surface area contributed by atoms with Crippen molar-refractivity contribution in [1.29, 1.82) is 0 Å². The molecule has 0 spiro atoms. The molecule has 68 heavy (non-hydrogen) atoms. The zero-order valence-corrected chi connectivity index (χ0v) is 44.8. The zero-order valence-electron chi connectivity index (χ0n) is 43.2. The summed E-state index contributed by atoms with van der Waals surface area (Å²) in [5, 5.41) is 6.46. The summed E-state index contributed by atoms with van der Waals surface area (Å²) in [5.41, 5.74) is 15.0. The molecule has 3 N–H and O–H groups in total. The van der Waals surface area contributed by atoms with E-state index in [1.807, 2.05) is 154 Å². The number of aromatic nitrogens is 3. The summed E-state index contributed by atoms with van der Waals surface area (Å²) in [5.74, 6) is 0. The Morgan fingerprint density at radius 3 is 1.13 bits per heavy atom. The molecule has 0 aliphatic carbocycles. The molecule has 10 aromatic rings. The van der Waals surface area contributed by atoms with Gasteiger partial charge in [0.15, 0.2) is 0 Å². The summed E-state index contributed by atoms with van der Waals surface area (Å²) in [6, 6.07) is 66.6. The van der Waals surface area contributed by atoms with Crippen LogP contribution in [0.4, 0.5) is 0 Å². The Balaban J connectivity index is 0.000000406. The molecule has 0 fully saturated rings. The Hall–Kier alpha value is -6.66. The Kier molecular flexibility index (Phi) is 33.6. The van der Waals surface area contributed by atoms with E-state index in [9.17, 15) is 0 Å². The fourth-order valence-corrected chi connectivity index (χ4v) is 7.37. The average Bonchev–Trinajstić information content (AvgIpc) is 4.32. The van der Waals surface area contributed by atoms with Gasteiger partial charge in [-0.2, -0.15) is 11.3 Å². The van der Waals surface area contributed by atoms with Crippen LogP contribution in [0.5, 0.6) is 0 Å². The van der Waals surface area contributed by atoms with Crippen LogP contribution in [0.1, 0.15) is 85.4 Å². The normalized spacial score (nSPS) is 8.96. The van der Waals surface area contributed by atoms with Crippen LogP contribution in [0.25, 0.3) is 56.0 Å². The molecular formula is C63H79N3S2. The number of aromatic amines is 3. The molecule has 0 saturated heterocycles. The third-order valence-corrected chi connectivity index (χ3v) is 10.5. The van der Waals surface area contributed by atoms with E-state index in [2.05, 4.69) is 173 Å². The predicted octanol–water partition coefficient (Wildman–Crippen LogP) is 20.9. The van der Waals surface area contributed by atoms with Gasteiger partial charge in [-0.15, -0.1) is 11.3 Å². The zero-order chi connectivity index (χ0) is 50.2. The van der Waals surface area contributed by atoms with Gasteiger partial charge in [0.1, 0.15) is 0 Å². The summed E-state index contributed by atoms with van der Waals surface area (Å²) in [6.07, 6.45) is 3.95. The lowest BCUT2D eigenvalue weighted by Crippen LogP contribution is -1.75. The van der Waals surface area contributed by atoms with Crippen molar-refractivity contribution >= 4 is 22.7 Å². The summed E-state index contributed by atoms with van der Waals surface area (Å²) < 4.78 is 0. The van der Waals surface area contributed by atoms with Crippen molar-refractivity contribution in [2.75, 3.05) is 0 Å². The highest BCUT2D eigenvalue weighted by Gasteiger charge is 1.99. The van der Waals surface area contributed by atoms with Gasteiger partial charge >= 0.3 is 0 Å². The maximum absolute atomic E-state index is 3.29. The Morgan fingerprint density at radius 1 is 0.338 bits per heavy atom. The van der Waals surface area contributed by atoms with Crippen LogP contribution in [0.2, 0.25) is 0 Å². The first kappa shape index (κ1) is 59.4. The molecule has 5 aromatic heterocycles. The van der Waals surface area contributed by atoms with E-state index in [-0.39, 0.29) is 0 Å². The van der Waals surface area contributed by atoms with Gasteiger partial charge in [0.25, 0.3) is 0 Å². The van der Waals surface area contributed by atoms with E-state index in [1.165, 1.54) is 72.2 Å². The highest BCUT2D eigenvalue weighted by Crippen LogP contribution is 2.25. The van der Waals surface area contributed by atoms with E-state index < -0.39 is 0 Å². The first-order valence-electron chi connectivity index (χ1n) is 24.3. The standard InChI is InChI=1S/2C11H11N.C11H10S.C10H9N.C10H8S.5C2H6/c1-9-7-11(12-8-9)10-5-3-2-4-6-10;1-9-7-8-11(12-9)10-5-3-2-4-6-10;1-9-7-11(8-12-9)10-5-3-2-4-6-10;1-2-5-9(6-3-1)10-7-4-8-11-10;1-2-4-9(5-3-1)10-6-7-11-8-10;5*1-2/h2*2-8,12H,1H3;2-8H,1H3;1-8,11H;1-8H;5*1-2H3. The first-order valence-corrected chi connectivity index (χ1v) is 26.1. The van der Waals surface area contributed by atoms with Crippen molar-refractivity contribution in [3.63, 3.8) is 0 Å². The molecule has 0 atom stereocenters. The third kappa shape index (κ3) is 22.7. The van der Waals surface area contributed by atoms with Crippen LogP contribution < -0.4 is 0 Å². The van der Waals surface area contributed by atoms with E-state index in [1.54, 1.807) is 22.7 Å². The molecule has 0 aliphatic heterocycles. The minimum atomic E-state index is 1.17. The molecule has 0 bridgehead atoms. The fraction of sp³-hybridized carbons (Fsp3) is 0.206. The average molecular weight is 942 g/mol. The number of H-pyrrole nitrogens is 3. The van der Waals surface area contributed by atoms with Gasteiger partial charge in [-0.25, -0.2) is 0 Å². The predicted molar refractivity (Wildman–Crippen MR) is 309 cm³/mol. The van der Waals surface area contributed by atoms with E-state index in [0.29, 0.717) is 0 Å². The van der Waals surface area contributed by atoms with Gasteiger partial charge in [0, 0.05) is 40.0 Å². The minimum absolute atomic E-state index is 1.17. The highest BCUT2D eigenvalue weighted by molar-refractivity contribution is 7.10. The van der Waals surface area contributed by atoms with Gasteiger partial charge in [-0.05, 0) is 124 Å². The van der Waals surface area contributed by atoms with Crippen molar-refractivity contribution in [3.05, 3.63) is 239 Å². The molecule has 0 amide bonds. The van der Waals surface area contributed by atoms with E-state index in [4.69, 9.17) is 0 Å². The Morgan fingerprint density at radius 2 is 0.779 bits per heavy atom. The summed E-state index contributed by atoms with van der Waals surface area (Å²) in [6.45, 7) is 26.3. The molecule has 0 aliphatic rings. The summed E-state index contributed by atoms with van der Waals surface area (Å²) in [7, 11) is 0. The fourth-order valence-electron chi connectivity index (χ4n) is 5.99. The molecule has 0 unspecified atom stereocenters. The molecule has 10 rings (SSSR count). The Bertz CT molecular complexity index is 2300. The third-order valence-electron chi connectivity index (χ3n) is 8.98. The second-order valence-electron chi connectivity index (χ2n) is 13.5. The molecule has 358 valence electrons. The van der Waals surface area contributed by atoms with Crippen molar-refractivity contribution in [2.45, 2.75) is 90.0 Å². The second-order valence-corrected chi connectivity index (χ2v) is 15.4. The summed E-state index contributed by atoms with van der Waals surface area (Å²) >= 11 is 3.53. The summed E-state index contributed by atoms with van der Waals surface area (Å²) in [4.78, 5) is 11.0. The molecule has 3 nitrogen and oxygen atoms in total. The maximum atomic E-state index is 3.29. The van der Waals surface area contributed by atoms with Gasteiger partial charge in [0.2, 0.25) is 0 Å². The van der Waals surface area contributed by atoms with E-state index in [0.717, 1.165) is 0 Å². The van der Waals surface area contributed by atoms with Crippen LogP contribution in [0.15, 0.2) is 223 Å². The molecular weight excluding hydrogens is 863 g/mol. The van der Waals surface area contributed by atoms with Crippen molar-refractivity contribution < 1.29 is 0 Å². The molecule has 0 radical (unpaired) electrons. The molecule has 5 aromatic carbocycles. The number of aryl methyl sites for hydroxylation is 3. The van der Waals surface area contributed by atoms with Crippen LogP contribution in [0, 0.1) is 20.8 Å². The van der Waals surface area contributed by atoms with Gasteiger partial charge < -0.3 is 15.0 Å². The maximum Gasteiger partial charge on any atom is 0.0456 e. The Labute approximate surface area is 420 Å². The molecule has 5 heterocycles. The van der Waals surface area contributed by atoms with Crippen LogP contribution in [0.3, 0.4) is 0 Å². The number of nitrogens with one attached hydrogen (secondary N) is 3. The van der Waals surface area contributed by atoms with Crippen molar-refractivity contribution in [1.82, 2.24) is 15.0 Å². The van der Waals surface area contributed by atoms with Gasteiger partial charge in [-0.1, -0.05) is 221 Å². The monoisotopic (exact) mass is 942 g/mol. The number of hydrogen-bond donors (Lipinski definition) is 3. The van der Waals surface area contributed by atoms with Crippen LogP contribution >= 0.6 is 22.7 Å². The van der Waals surface area contributed by atoms with E-state index >= 15 is 0 Å². The lowest BCUT2D eigenvalue weighted by atomic mass is 10.1. The second kappa shape index (κ2) is 38.4. The molecule has 5 heteroatoms. The van der Waals surface area contributed by atoms with Crippen LogP contribution in [-0.2, 0) is 0 Å². The SMILES string of the molecule is CC.CC.CC.CC.CC.Cc1c[nH]c(-c2ccccc2)c1.Cc1cc(-c2ccccc2)cs1.Cc1ccc(-c2ccccc2)[nH]1.c1ccc(-c2ccc[nH]2)cc1.c1ccc(-c2ccsc2)cc1.